The van der Waals surface area contributed by atoms with Gasteiger partial charge in [0, 0.05) is 18.4 Å². The number of hydrogen-bond acceptors (Lipinski definition) is 8. The molecule has 1 amide bonds. The monoisotopic (exact) mass is 437 g/mol. The molecule has 1 aromatic carbocycles. The number of benzene rings is 1. The van der Waals surface area contributed by atoms with Crippen LogP contribution in [0, 0.1) is 6.92 Å². The van der Waals surface area contributed by atoms with Gasteiger partial charge >= 0.3 is 0 Å². The normalized spacial score (nSPS) is 11.1. The Morgan fingerprint density at radius 3 is 2.88 bits per heavy atom. The van der Waals surface area contributed by atoms with Crippen LogP contribution in [0.15, 0.2) is 47.2 Å². The number of nitrogens with zero attached hydrogens (tertiary/aromatic N) is 4. The zero-order valence-corrected chi connectivity index (χ0v) is 18.0. The molecule has 0 spiro atoms. The number of carbonyl (C=O) groups excluding carboxylic acids is 1. The van der Waals surface area contributed by atoms with Crippen molar-refractivity contribution in [1.82, 2.24) is 19.5 Å². The summed E-state index contributed by atoms with van der Waals surface area (Å²) in [4.78, 5) is 21.6. The Bertz CT molecular complexity index is 1230. The molecule has 4 aromatic rings. The number of ether oxygens (including phenoxy) is 3. The molecule has 3 aromatic heterocycles. The number of anilines is 1. The number of pyridine rings is 1. The second kappa shape index (κ2) is 9.58. The van der Waals surface area contributed by atoms with Crippen LogP contribution < -0.4 is 10.1 Å². The van der Waals surface area contributed by atoms with Crippen LogP contribution in [0.25, 0.3) is 17.0 Å². The van der Waals surface area contributed by atoms with E-state index >= 15 is 0 Å². The summed E-state index contributed by atoms with van der Waals surface area (Å²) >= 11 is 0. The van der Waals surface area contributed by atoms with Crippen LogP contribution in [-0.2, 0) is 16.1 Å². The number of amides is 1. The fourth-order valence-electron chi connectivity index (χ4n) is 3.06. The third kappa shape index (κ3) is 4.61. The molecule has 0 fully saturated rings. The summed E-state index contributed by atoms with van der Waals surface area (Å²) in [7, 11) is 3.18. The summed E-state index contributed by atoms with van der Waals surface area (Å²) in [5, 5.41) is 6.95. The quantitative estimate of drug-likeness (QED) is 0.398. The summed E-state index contributed by atoms with van der Waals surface area (Å²) in [6.45, 7) is 3.02. The molecule has 0 aliphatic rings. The van der Waals surface area contributed by atoms with Crippen molar-refractivity contribution in [3.8, 4) is 17.1 Å². The number of carbonyl (C=O) groups is 1. The summed E-state index contributed by atoms with van der Waals surface area (Å²) in [6, 6.07) is 9.13. The Morgan fingerprint density at radius 2 is 2.06 bits per heavy atom. The smallest absolute Gasteiger partial charge is 0.274 e. The Kier molecular flexibility index (Phi) is 6.43. The number of methoxy groups -OCH3 is 2. The largest absolute Gasteiger partial charge is 0.495 e. The van der Waals surface area contributed by atoms with E-state index in [4.69, 9.17) is 18.7 Å². The van der Waals surface area contributed by atoms with E-state index in [1.165, 1.54) is 6.20 Å². The van der Waals surface area contributed by atoms with Gasteiger partial charge in [-0.1, -0.05) is 17.3 Å². The van der Waals surface area contributed by atoms with E-state index in [9.17, 15) is 4.79 Å². The number of nitrogens with one attached hydrogen (secondary N) is 1. The lowest BCUT2D eigenvalue weighted by Crippen LogP contribution is -2.15. The highest BCUT2D eigenvalue weighted by Crippen LogP contribution is 2.24. The van der Waals surface area contributed by atoms with Crippen molar-refractivity contribution in [2.75, 3.05) is 32.8 Å². The topological polar surface area (TPSA) is 113 Å². The third-order valence-corrected chi connectivity index (χ3v) is 4.82. The van der Waals surface area contributed by atoms with Crippen LogP contribution in [0.3, 0.4) is 0 Å². The molecular weight excluding hydrogens is 414 g/mol. The van der Waals surface area contributed by atoms with E-state index in [1.54, 1.807) is 43.0 Å². The van der Waals surface area contributed by atoms with Crippen LogP contribution >= 0.6 is 0 Å². The van der Waals surface area contributed by atoms with Gasteiger partial charge in [-0.05, 0) is 30.7 Å². The number of aromatic nitrogens is 4. The highest BCUT2D eigenvalue weighted by Gasteiger charge is 2.16. The minimum Gasteiger partial charge on any atom is -0.495 e. The van der Waals surface area contributed by atoms with Crippen molar-refractivity contribution < 1.29 is 23.5 Å². The molecule has 10 heteroatoms. The highest BCUT2D eigenvalue weighted by molar-refractivity contribution is 6.04. The van der Waals surface area contributed by atoms with Gasteiger partial charge in [0.25, 0.3) is 11.8 Å². The third-order valence-electron chi connectivity index (χ3n) is 4.82. The standard InChI is InChI=1S/C22H23N5O5/c1-14-4-5-15(21-25-20(32-26-21)13-31-9-8-29-2)10-17(14)24-22(28)18-11-23-19-7-6-16(30-3)12-27(18)19/h4-7,10-12H,8-9,13H2,1-3H3,(H,24,28). The van der Waals surface area contributed by atoms with Gasteiger partial charge in [-0.15, -0.1) is 0 Å². The highest BCUT2D eigenvalue weighted by atomic mass is 16.5. The Hall–Kier alpha value is -3.76. The van der Waals surface area contributed by atoms with Crippen molar-refractivity contribution in [2.24, 2.45) is 0 Å². The molecule has 3 heterocycles. The number of aryl methyl sites for hydroxylation is 1. The maximum Gasteiger partial charge on any atom is 0.274 e. The van der Waals surface area contributed by atoms with Gasteiger partial charge in [-0.25, -0.2) is 4.98 Å². The van der Waals surface area contributed by atoms with Gasteiger partial charge < -0.3 is 24.1 Å². The molecule has 0 saturated carbocycles. The lowest BCUT2D eigenvalue weighted by molar-refractivity contribution is 0.0494. The molecule has 10 nitrogen and oxygen atoms in total. The molecule has 166 valence electrons. The minimum absolute atomic E-state index is 0.198. The molecule has 0 aliphatic carbocycles. The Morgan fingerprint density at radius 1 is 1.19 bits per heavy atom. The second-order valence-electron chi connectivity index (χ2n) is 6.98. The van der Waals surface area contributed by atoms with Gasteiger partial charge in [-0.2, -0.15) is 4.98 Å². The summed E-state index contributed by atoms with van der Waals surface area (Å²) in [6.07, 6.45) is 3.24. The number of rotatable bonds is 9. The fourth-order valence-corrected chi connectivity index (χ4v) is 3.06. The molecule has 0 aliphatic heterocycles. The number of hydrogen-bond donors (Lipinski definition) is 1. The lowest BCUT2D eigenvalue weighted by Gasteiger charge is -2.10. The number of imidazole rings is 1. The van der Waals surface area contributed by atoms with Gasteiger partial charge in [0.1, 0.15) is 23.7 Å². The molecule has 1 N–H and O–H groups in total. The van der Waals surface area contributed by atoms with Gasteiger partial charge in [0.15, 0.2) is 0 Å². The molecule has 0 atom stereocenters. The zero-order chi connectivity index (χ0) is 22.5. The summed E-state index contributed by atoms with van der Waals surface area (Å²) < 4.78 is 22.5. The van der Waals surface area contributed by atoms with E-state index in [0.29, 0.717) is 53.3 Å². The first-order chi connectivity index (χ1) is 15.6. The van der Waals surface area contributed by atoms with Crippen LogP contribution in [0.1, 0.15) is 21.9 Å². The SMILES string of the molecule is COCCOCc1nc(-c2ccc(C)c(NC(=O)c3cnc4ccc(OC)cn34)c2)no1. The molecule has 4 rings (SSSR count). The molecule has 0 radical (unpaired) electrons. The zero-order valence-electron chi connectivity index (χ0n) is 18.0. The maximum atomic E-state index is 13.0. The molecule has 32 heavy (non-hydrogen) atoms. The first-order valence-electron chi connectivity index (χ1n) is 9.92. The fraction of sp³-hybridized carbons (Fsp3) is 0.273. The van der Waals surface area contributed by atoms with Crippen LogP contribution in [0.2, 0.25) is 0 Å². The van der Waals surface area contributed by atoms with Crippen LogP contribution in [0.5, 0.6) is 5.75 Å². The van der Waals surface area contributed by atoms with Crippen molar-refractivity contribution in [1.29, 1.82) is 0 Å². The van der Waals surface area contributed by atoms with Crippen molar-refractivity contribution in [2.45, 2.75) is 13.5 Å². The molecule has 0 bridgehead atoms. The number of fused-ring (bicyclic) bond motifs is 1. The predicted octanol–water partition coefficient (Wildman–Crippen LogP) is 3.12. The minimum atomic E-state index is -0.300. The Balaban J connectivity index is 1.52. The average molecular weight is 437 g/mol. The van der Waals surface area contributed by atoms with Crippen LogP contribution in [0.4, 0.5) is 5.69 Å². The first-order valence-corrected chi connectivity index (χ1v) is 9.92. The van der Waals surface area contributed by atoms with Crippen molar-refractivity contribution in [3.05, 3.63) is 59.9 Å². The first kappa shape index (κ1) is 21.5. The van der Waals surface area contributed by atoms with Gasteiger partial charge in [0.05, 0.1) is 32.7 Å². The van der Waals surface area contributed by atoms with Gasteiger partial charge in [0.2, 0.25) is 5.82 Å². The second-order valence-corrected chi connectivity index (χ2v) is 6.98. The lowest BCUT2D eigenvalue weighted by atomic mass is 10.1. The summed E-state index contributed by atoms with van der Waals surface area (Å²) in [5.74, 6) is 1.10. The molecule has 0 unspecified atom stereocenters. The summed E-state index contributed by atoms with van der Waals surface area (Å²) in [5.41, 5.74) is 3.26. The van der Waals surface area contributed by atoms with E-state index in [1.807, 2.05) is 19.1 Å². The predicted molar refractivity (Wildman–Crippen MR) is 116 cm³/mol. The maximum absolute atomic E-state index is 13.0. The van der Waals surface area contributed by atoms with E-state index in [0.717, 1.165) is 5.56 Å². The van der Waals surface area contributed by atoms with E-state index in [2.05, 4.69) is 20.4 Å². The van der Waals surface area contributed by atoms with Gasteiger partial charge in [-0.3, -0.25) is 9.20 Å². The average Bonchev–Trinajstić information content (AvgIpc) is 3.45. The molecular formula is C22H23N5O5. The van der Waals surface area contributed by atoms with Crippen LogP contribution in [-0.4, -0.2) is 52.9 Å². The van der Waals surface area contributed by atoms with E-state index in [-0.39, 0.29) is 12.5 Å². The molecule has 0 saturated heterocycles. The van der Waals surface area contributed by atoms with Crippen molar-refractivity contribution in [3.63, 3.8) is 0 Å². The van der Waals surface area contributed by atoms with Crippen molar-refractivity contribution >= 4 is 17.2 Å². The van der Waals surface area contributed by atoms with E-state index < -0.39 is 0 Å². The Labute approximate surface area is 184 Å².